The van der Waals surface area contributed by atoms with Crippen molar-refractivity contribution in [2.45, 2.75) is 51.5 Å². The van der Waals surface area contributed by atoms with Crippen molar-refractivity contribution in [3.63, 3.8) is 0 Å². The van der Waals surface area contributed by atoms with Gasteiger partial charge in [0.2, 0.25) is 5.91 Å². The normalized spacial score (nSPS) is 25.5. The van der Waals surface area contributed by atoms with E-state index in [4.69, 9.17) is 0 Å². The Morgan fingerprint density at radius 3 is 2.68 bits per heavy atom. The van der Waals surface area contributed by atoms with Gasteiger partial charge in [-0.1, -0.05) is 6.92 Å². The summed E-state index contributed by atoms with van der Waals surface area (Å²) < 4.78 is 0. The molecule has 2 fully saturated rings. The maximum atomic E-state index is 12.3. The molecule has 0 aromatic rings. The minimum absolute atomic E-state index is 0.343. The monoisotopic (exact) mass is 267 g/mol. The Balaban J connectivity index is 1.73. The van der Waals surface area contributed by atoms with Gasteiger partial charge in [-0.05, 0) is 51.6 Å². The number of piperidine rings is 2. The summed E-state index contributed by atoms with van der Waals surface area (Å²) in [6.45, 7) is 8.01. The molecule has 1 amide bonds. The number of nitrogens with one attached hydrogen (secondary N) is 1. The van der Waals surface area contributed by atoms with E-state index in [1.54, 1.807) is 0 Å². The van der Waals surface area contributed by atoms with Crippen LogP contribution in [0.3, 0.4) is 0 Å². The first kappa shape index (κ1) is 14.8. The molecule has 1 atom stereocenters. The third-order valence-electron chi connectivity index (χ3n) is 4.26. The Kier molecular flexibility index (Phi) is 6.11. The van der Waals surface area contributed by atoms with Crippen LogP contribution in [-0.2, 0) is 4.79 Å². The second-order valence-electron chi connectivity index (χ2n) is 5.97. The van der Waals surface area contributed by atoms with Gasteiger partial charge in [-0.3, -0.25) is 9.69 Å². The Hall–Kier alpha value is -0.610. The van der Waals surface area contributed by atoms with E-state index in [0.717, 1.165) is 32.7 Å². The van der Waals surface area contributed by atoms with Crippen LogP contribution in [0.15, 0.2) is 0 Å². The van der Waals surface area contributed by atoms with E-state index >= 15 is 0 Å². The number of hydrogen-bond acceptors (Lipinski definition) is 3. The Morgan fingerprint density at radius 2 is 1.95 bits per heavy atom. The number of nitrogens with zero attached hydrogens (tertiary/aromatic N) is 2. The molecule has 0 aromatic carbocycles. The molecule has 19 heavy (non-hydrogen) atoms. The van der Waals surface area contributed by atoms with E-state index in [0.29, 0.717) is 18.5 Å². The molecule has 110 valence electrons. The first-order chi connectivity index (χ1) is 9.29. The van der Waals surface area contributed by atoms with Gasteiger partial charge in [0.1, 0.15) is 0 Å². The van der Waals surface area contributed by atoms with Crippen molar-refractivity contribution in [3.8, 4) is 0 Å². The first-order valence-corrected chi connectivity index (χ1v) is 8.03. The molecule has 0 saturated carbocycles. The van der Waals surface area contributed by atoms with E-state index in [9.17, 15) is 4.79 Å². The molecule has 0 bridgehead atoms. The highest BCUT2D eigenvalue weighted by molar-refractivity contribution is 5.78. The molecule has 4 heteroatoms. The van der Waals surface area contributed by atoms with Crippen LogP contribution in [0.1, 0.15) is 45.4 Å². The molecule has 0 spiro atoms. The fourth-order valence-corrected chi connectivity index (χ4v) is 3.15. The zero-order chi connectivity index (χ0) is 13.5. The van der Waals surface area contributed by atoms with Crippen LogP contribution in [0, 0.1) is 0 Å². The van der Waals surface area contributed by atoms with Crippen LogP contribution >= 0.6 is 0 Å². The highest BCUT2D eigenvalue weighted by atomic mass is 16.2. The van der Waals surface area contributed by atoms with Crippen LogP contribution in [0.2, 0.25) is 0 Å². The van der Waals surface area contributed by atoms with Crippen molar-refractivity contribution in [1.29, 1.82) is 0 Å². The minimum Gasteiger partial charge on any atom is -0.342 e. The maximum Gasteiger partial charge on any atom is 0.236 e. The minimum atomic E-state index is 0.343. The summed E-state index contributed by atoms with van der Waals surface area (Å²) in [5.41, 5.74) is 0. The molecule has 4 nitrogen and oxygen atoms in total. The van der Waals surface area contributed by atoms with Crippen molar-refractivity contribution in [1.82, 2.24) is 15.1 Å². The number of carbonyl (C=O) groups excluding carboxylic acids is 1. The Bertz CT molecular complexity index is 277. The lowest BCUT2D eigenvalue weighted by atomic mass is 10.1. The summed E-state index contributed by atoms with van der Waals surface area (Å²) in [5, 5.41) is 3.59. The molecular formula is C15H29N3O. The molecule has 0 aliphatic carbocycles. The van der Waals surface area contributed by atoms with Gasteiger partial charge in [-0.2, -0.15) is 0 Å². The first-order valence-electron chi connectivity index (χ1n) is 8.03. The lowest BCUT2D eigenvalue weighted by molar-refractivity contribution is -0.133. The van der Waals surface area contributed by atoms with Crippen LogP contribution in [0.4, 0.5) is 0 Å². The summed E-state index contributed by atoms with van der Waals surface area (Å²) in [5.74, 6) is 0.343. The number of hydrogen-bond donors (Lipinski definition) is 1. The molecule has 0 aromatic heterocycles. The van der Waals surface area contributed by atoms with Crippen LogP contribution in [-0.4, -0.2) is 61.0 Å². The van der Waals surface area contributed by atoms with Gasteiger partial charge in [-0.15, -0.1) is 0 Å². The maximum absolute atomic E-state index is 12.3. The average molecular weight is 267 g/mol. The molecule has 0 radical (unpaired) electrons. The van der Waals surface area contributed by atoms with Crippen LogP contribution in [0.5, 0.6) is 0 Å². The molecular weight excluding hydrogens is 238 g/mol. The summed E-state index contributed by atoms with van der Waals surface area (Å²) in [6.07, 6.45) is 7.32. The molecule has 2 aliphatic rings. The predicted octanol–water partition coefficient (Wildman–Crippen LogP) is 1.46. The third-order valence-corrected chi connectivity index (χ3v) is 4.26. The van der Waals surface area contributed by atoms with Crippen molar-refractivity contribution in [2.75, 3.05) is 39.3 Å². The SMILES string of the molecule is CCCNC1CCCN(CC(=O)N2CCCCC2)C1. The fraction of sp³-hybridized carbons (Fsp3) is 0.933. The van der Waals surface area contributed by atoms with Crippen molar-refractivity contribution in [3.05, 3.63) is 0 Å². The van der Waals surface area contributed by atoms with Crippen LogP contribution in [0.25, 0.3) is 0 Å². The van der Waals surface area contributed by atoms with E-state index in [1.165, 1.54) is 38.5 Å². The van der Waals surface area contributed by atoms with E-state index in [1.807, 2.05) is 0 Å². The van der Waals surface area contributed by atoms with E-state index in [2.05, 4.69) is 22.0 Å². The summed E-state index contributed by atoms with van der Waals surface area (Å²) in [7, 11) is 0. The second-order valence-corrected chi connectivity index (χ2v) is 5.97. The third kappa shape index (κ3) is 4.77. The standard InChI is InChI=1S/C15H29N3O/c1-2-8-16-14-7-6-9-17(12-14)13-15(19)18-10-4-3-5-11-18/h14,16H,2-13H2,1H3. The van der Waals surface area contributed by atoms with Crippen molar-refractivity contribution < 1.29 is 4.79 Å². The Morgan fingerprint density at radius 1 is 1.16 bits per heavy atom. The molecule has 2 rings (SSSR count). The predicted molar refractivity (Wildman–Crippen MR) is 78.2 cm³/mol. The number of likely N-dealkylation sites (tertiary alicyclic amines) is 2. The Labute approximate surface area is 117 Å². The molecule has 2 saturated heterocycles. The molecule has 1 unspecified atom stereocenters. The highest BCUT2D eigenvalue weighted by Gasteiger charge is 2.23. The van der Waals surface area contributed by atoms with Gasteiger partial charge < -0.3 is 10.2 Å². The fourth-order valence-electron chi connectivity index (χ4n) is 3.15. The lowest BCUT2D eigenvalue weighted by Crippen LogP contribution is -2.50. The zero-order valence-corrected chi connectivity index (χ0v) is 12.4. The summed E-state index contributed by atoms with van der Waals surface area (Å²) in [4.78, 5) is 16.7. The topological polar surface area (TPSA) is 35.6 Å². The molecule has 2 heterocycles. The molecule has 2 aliphatic heterocycles. The van der Waals surface area contributed by atoms with Crippen molar-refractivity contribution in [2.24, 2.45) is 0 Å². The van der Waals surface area contributed by atoms with Crippen molar-refractivity contribution >= 4 is 5.91 Å². The van der Waals surface area contributed by atoms with E-state index in [-0.39, 0.29) is 0 Å². The largest absolute Gasteiger partial charge is 0.342 e. The number of carbonyl (C=O) groups is 1. The average Bonchev–Trinajstić information content (AvgIpc) is 2.46. The molecule has 1 N–H and O–H groups in total. The van der Waals surface area contributed by atoms with Crippen LogP contribution < -0.4 is 5.32 Å². The van der Waals surface area contributed by atoms with Gasteiger partial charge in [-0.25, -0.2) is 0 Å². The second kappa shape index (κ2) is 7.85. The highest BCUT2D eigenvalue weighted by Crippen LogP contribution is 2.12. The smallest absolute Gasteiger partial charge is 0.236 e. The van der Waals surface area contributed by atoms with Gasteiger partial charge in [0.15, 0.2) is 0 Å². The van der Waals surface area contributed by atoms with Gasteiger partial charge in [0, 0.05) is 25.7 Å². The summed E-state index contributed by atoms with van der Waals surface area (Å²) >= 11 is 0. The van der Waals surface area contributed by atoms with Gasteiger partial charge in [0.05, 0.1) is 6.54 Å². The van der Waals surface area contributed by atoms with Gasteiger partial charge in [0.25, 0.3) is 0 Å². The van der Waals surface area contributed by atoms with Gasteiger partial charge >= 0.3 is 0 Å². The number of amides is 1. The zero-order valence-electron chi connectivity index (χ0n) is 12.4. The quantitative estimate of drug-likeness (QED) is 0.819. The number of rotatable bonds is 5. The van der Waals surface area contributed by atoms with E-state index < -0.39 is 0 Å². The summed E-state index contributed by atoms with van der Waals surface area (Å²) in [6, 6.07) is 0.586. The lowest BCUT2D eigenvalue weighted by Gasteiger charge is -2.35.